The third-order valence-electron chi connectivity index (χ3n) is 2.08. The summed E-state index contributed by atoms with van der Waals surface area (Å²) in [5, 5.41) is 3.06. The third kappa shape index (κ3) is 3.31. The van der Waals surface area contributed by atoms with Gasteiger partial charge < -0.3 is 10.1 Å². The molecule has 17 heavy (non-hydrogen) atoms. The minimum Gasteiger partial charge on any atom is -0.468 e. The van der Waals surface area contributed by atoms with E-state index >= 15 is 0 Å². The Morgan fingerprint density at radius 1 is 1.12 bits per heavy atom. The van der Waals surface area contributed by atoms with Crippen LogP contribution in [0, 0.1) is 0 Å². The number of aliphatic imine (C=N–C) groups is 1. The molecule has 0 unspecified atom stereocenters. The largest absolute Gasteiger partial charge is 0.468 e. The maximum absolute atomic E-state index is 5.16. The Bertz CT molecular complexity index is 483. The predicted molar refractivity (Wildman–Crippen MR) is 68.4 cm³/mol. The van der Waals surface area contributed by atoms with Crippen LogP contribution in [0.1, 0.15) is 0 Å². The number of methoxy groups -OCH3 is 1. The lowest BCUT2D eigenvalue weighted by Gasteiger charge is -2.07. The van der Waals surface area contributed by atoms with Gasteiger partial charge in [-0.25, -0.2) is 4.98 Å². The first kappa shape index (κ1) is 11.1. The van der Waals surface area contributed by atoms with Crippen LogP contribution in [0.25, 0.3) is 0 Å². The van der Waals surface area contributed by atoms with Crippen LogP contribution >= 0.6 is 0 Å². The summed E-state index contributed by atoms with van der Waals surface area (Å²) in [5.41, 5.74) is 0.920. The van der Waals surface area contributed by atoms with Crippen molar-refractivity contribution >= 4 is 17.5 Å². The molecule has 0 fully saturated rings. The number of hydrogen-bond donors (Lipinski definition) is 1. The zero-order valence-electron chi connectivity index (χ0n) is 9.50. The van der Waals surface area contributed by atoms with E-state index in [-0.39, 0.29) is 0 Å². The van der Waals surface area contributed by atoms with Crippen molar-refractivity contribution in [3.05, 3.63) is 54.7 Å². The van der Waals surface area contributed by atoms with Gasteiger partial charge in [0, 0.05) is 11.9 Å². The Hall–Kier alpha value is -2.36. The molecule has 0 saturated carbocycles. The standard InChI is InChI=1S/C13H13N3O/c1-17-13(15-11-7-3-2-4-8-11)16-12-9-5-6-10-14-12/h2-10H,1H3,(H,14,15,16). The summed E-state index contributed by atoms with van der Waals surface area (Å²) < 4.78 is 5.16. The lowest BCUT2D eigenvalue weighted by atomic mass is 10.3. The van der Waals surface area contributed by atoms with Gasteiger partial charge in [-0.15, -0.1) is 0 Å². The van der Waals surface area contributed by atoms with E-state index in [2.05, 4.69) is 15.3 Å². The number of nitrogens with zero attached hydrogens (tertiary/aromatic N) is 2. The SMILES string of the molecule is CO/C(=N\c1ccccn1)Nc1ccccc1. The lowest BCUT2D eigenvalue weighted by Crippen LogP contribution is -2.13. The fourth-order valence-corrected chi connectivity index (χ4v) is 1.29. The topological polar surface area (TPSA) is 46.5 Å². The van der Waals surface area contributed by atoms with Gasteiger partial charge in [-0.05, 0) is 24.3 Å². The highest BCUT2D eigenvalue weighted by atomic mass is 16.5. The van der Waals surface area contributed by atoms with Crippen molar-refractivity contribution in [3.63, 3.8) is 0 Å². The molecule has 0 spiro atoms. The molecule has 4 heteroatoms. The Morgan fingerprint density at radius 2 is 1.88 bits per heavy atom. The molecule has 0 aliphatic heterocycles. The second-order valence-corrected chi connectivity index (χ2v) is 3.30. The molecular weight excluding hydrogens is 214 g/mol. The minimum atomic E-state index is 0.412. The van der Waals surface area contributed by atoms with Crippen LogP contribution in [0.2, 0.25) is 0 Å². The molecule has 2 aromatic rings. The summed E-state index contributed by atoms with van der Waals surface area (Å²) in [4.78, 5) is 8.35. The average molecular weight is 227 g/mol. The van der Waals surface area contributed by atoms with Crippen LogP contribution in [-0.4, -0.2) is 18.1 Å². The molecule has 1 aromatic heterocycles. The Morgan fingerprint density at radius 3 is 2.53 bits per heavy atom. The average Bonchev–Trinajstić information content (AvgIpc) is 2.40. The number of anilines is 1. The van der Waals surface area contributed by atoms with Gasteiger partial charge in [0.05, 0.1) is 7.11 Å². The first-order valence-electron chi connectivity index (χ1n) is 5.24. The highest BCUT2D eigenvalue weighted by molar-refractivity contribution is 5.90. The van der Waals surface area contributed by atoms with Crippen molar-refractivity contribution in [3.8, 4) is 0 Å². The molecule has 0 aliphatic rings. The molecule has 1 N–H and O–H groups in total. The second-order valence-electron chi connectivity index (χ2n) is 3.30. The maximum Gasteiger partial charge on any atom is 0.295 e. The summed E-state index contributed by atoms with van der Waals surface area (Å²) in [6, 6.07) is 15.7. The van der Waals surface area contributed by atoms with Crippen molar-refractivity contribution < 1.29 is 4.74 Å². The lowest BCUT2D eigenvalue weighted by molar-refractivity contribution is 0.402. The summed E-state index contributed by atoms with van der Waals surface area (Å²) in [5.74, 6) is 0.604. The quantitative estimate of drug-likeness (QED) is 0.634. The first-order chi connectivity index (χ1) is 8.38. The van der Waals surface area contributed by atoms with Gasteiger partial charge in [0.25, 0.3) is 6.02 Å². The van der Waals surface area contributed by atoms with Gasteiger partial charge in [-0.1, -0.05) is 24.3 Å². The fraction of sp³-hybridized carbons (Fsp3) is 0.0769. The molecule has 0 bridgehead atoms. The normalized spacial score (nSPS) is 11.0. The predicted octanol–water partition coefficient (Wildman–Crippen LogP) is 2.83. The van der Waals surface area contributed by atoms with Gasteiger partial charge in [0.1, 0.15) is 0 Å². The van der Waals surface area contributed by atoms with Gasteiger partial charge in [0.2, 0.25) is 0 Å². The molecule has 1 heterocycles. The molecule has 0 saturated heterocycles. The van der Waals surface area contributed by atoms with E-state index in [1.54, 1.807) is 13.3 Å². The van der Waals surface area contributed by atoms with E-state index in [4.69, 9.17) is 4.74 Å². The monoisotopic (exact) mass is 227 g/mol. The van der Waals surface area contributed by atoms with Crippen LogP contribution in [0.4, 0.5) is 11.5 Å². The van der Waals surface area contributed by atoms with E-state index in [9.17, 15) is 0 Å². The van der Waals surface area contributed by atoms with E-state index in [1.807, 2.05) is 48.5 Å². The molecule has 86 valence electrons. The maximum atomic E-state index is 5.16. The number of aromatic nitrogens is 1. The fourth-order valence-electron chi connectivity index (χ4n) is 1.29. The zero-order valence-corrected chi connectivity index (χ0v) is 9.50. The second kappa shape index (κ2) is 5.65. The third-order valence-corrected chi connectivity index (χ3v) is 2.08. The van der Waals surface area contributed by atoms with Crippen molar-refractivity contribution in [2.75, 3.05) is 12.4 Å². The number of ether oxygens (including phenoxy) is 1. The van der Waals surface area contributed by atoms with Gasteiger partial charge >= 0.3 is 0 Å². The van der Waals surface area contributed by atoms with E-state index in [1.165, 1.54) is 0 Å². The highest BCUT2D eigenvalue weighted by Crippen LogP contribution is 2.09. The Labute approximate surface area is 100.0 Å². The minimum absolute atomic E-state index is 0.412. The number of para-hydroxylation sites is 1. The van der Waals surface area contributed by atoms with Crippen LogP contribution in [0.3, 0.4) is 0 Å². The molecule has 0 atom stereocenters. The smallest absolute Gasteiger partial charge is 0.295 e. The number of pyridine rings is 1. The number of amidine groups is 1. The number of rotatable bonds is 2. The summed E-state index contributed by atoms with van der Waals surface area (Å²) >= 11 is 0. The van der Waals surface area contributed by atoms with Crippen LogP contribution in [-0.2, 0) is 4.74 Å². The van der Waals surface area contributed by atoms with E-state index < -0.39 is 0 Å². The highest BCUT2D eigenvalue weighted by Gasteiger charge is 1.99. The van der Waals surface area contributed by atoms with E-state index in [0.717, 1.165) is 5.69 Å². The molecule has 0 aliphatic carbocycles. The van der Waals surface area contributed by atoms with Crippen molar-refractivity contribution in [1.29, 1.82) is 0 Å². The van der Waals surface area contributed by atoms with Crippen LogP contribution in [0.15, 0.2) is 59.7 Å². The molecule has 4 nitrogen and oxygen atoms in total. The molecule has 0 radical (unpaired) electrons. The molecule has 0 amide bonds. The number of hydrogen-bond acceptors (Lipinski definition) is 3. The van der Waals surface area contributed by atoms with Crippen LogP contribution < -0.4 is 5.32 Å². The van der Waals surface area contributed by atoms with Crippen molar-refractivity contribution in [2.24, 2.45) is 4.99 Å². The van der Waals surface area contributed by atoms with Gasteiger partial charge in [0.15, 0.2) is 5.82 Å². The molecular formula is C13H13N3O. The summed E-state index contributed by atoms with van der Waals surface area (Å²) in [7, 11) is 1.57. The van der Waals surface area contributed by atoms with Crippen LogP contribution in [0.5, 0.6) is 0 Å². The summed E-state index contributed by atoms with van der Waals surface area (Å²) in [6.45, 7) is 0. The van der Waals surface area contributed by atoms with Gasteiger partial charge in [-0.2, -0.15) is 4.99 Å². The van der Waals surface area contributed by atoms with Gasteiger partial charge in [-0.3, -0.25) is 0 Å². The Kier molecular flexibility index (Phi) is 3.70. The molecule has 1 aromatic carbocycles. The Balaban J connectivity index is 2.15. The summed E-state index contributed by atoms with van der Waals surface area (Å²) in [6.07, 6.45) is 1.69. The van der Waals surface area contributed by atoms with Crippen molar-refractivity contribution in [2.45, 2.75) is 0 Å². The number of benzene rings is 1. The molecule has 2 rings (SSSR count). The van der Waals surface area contributed by atoms with Crippen molar-refractivity contribution in [1.82, 2.24) is 4.98 Å². The number of nitrogens with one attached hydrogen (secondary N) is 1. The zero-order chi connectivity index (χ0) is 11.9. The van der Waals surface area contributed by atoms with E-state index in [0.29, 0.717) is 11.8 Å². The first-order valence-corrected chi connectivity index (χ1v) is 5.24.